The summed E-state index contributed by atoms with van der Waals surface area (Å²) in [6.45, 7) is 2.30. The van der Waals surface area contributed by atoms with Crippen LogP contribution in [0.1, 0.15) is 44.6 Å². The number of hydrogen-bond donors (Lipinski definition) is 0. The number of pyridine rings is 1. The molecule has 1 aliphatic carbocycles. The van der Waals surface area contributed by atoms with E-state index < -0.39 is 0 Å². The molecule has 0 atom stereocenters. The van der Waals surface area contributed by atoms with Gasteiger partial charge in [-0.2, -0.15) is 0 Å². The molecule has 0 bridgehead atoms. The Bertz CT molecular complexity index is 683. The quantitative estimate of drug-likeness (QED) is 0.620. The van der Waals surface area contributed by atoms with Crippen molar-refractivity contribution >= 4 is 11.6 Å². The van der Waals surface area contributed by atoms with Gasteiger partial charge >= 0.3 is 0 Å². The summed E-state index contributed by atoms with van der Waals surface area (Å²) in [7, 11) is 0. The minimum Gasteiger partial charge on any atom is -0.255 e. The van der Waals surface area contributed by atoms with E-state index in [9.17, 15) is 0 Å². The van der Waals surface area contributed by atoms with Crippen molar-refractivity contribution in [3.8, 4) is 23.1 Å². The molecule has 118 valence electrons. The van der Waals surface area contributed by atoms with Gasteiger partial charge < -0.3 is 0 Å². The lowest BCUT2D eigenvalue weighted by molar-refractivity contribution is 0.309. The molecule has 0 N–H and O–H groups in total. The molecular formula is C21H22ClN. The van der Waals surface area contributed by atoms with E-state index in [1.54, 1.807) is 0 Å². The number of rotatable bonds is 2. The average Bonchev–Trinajstić information content (AvgIpc) is 2.61. The van der Waals surface area contributed by atoms with Crippen molar-refractivity contribution in [2.75, 3.05) is 0 Å². The molecule has 2 aromatic rings. The molecule has 1 heterocycles. The van der Waals surface area contributed by atoms with Gasteiger partial charge in [-0.1, -0.05) is 48.9 Å². The van der Waals surface area contributed by atoms with Crippen molar-refractivity contribution in [3.05, 3.63) is 53.2 Å². The van der Waals surface area contributed by atoms with Crippen LogP contribution < -0.4 is 0 Å². The molecule has 1 aromatic heterocycles. The van der Waals surface area contributed by atoms with E-state index in [0.717, 1.165) is 27.8 Å². The van der Waals surface area contributed by atoms with Crippen molar-refractivity contribution in [3.63, 3.8) is 0 Å². The first-order chi connectivity index (χ1) is 11.2. The molecule has 1 aliphatic rings. The minimum absolute atomic E-state index is 0.564. The van der Waals surface area contributed by atoms with Crippen molar-refractivity contribution in [2.24, 2.45) is 11.8 Å². The van der Waals surface area contributed by atoms with Crippen molar-refractivity contribution < 1.29 is 0 Å². The van der Waals surface area contributed by atoms with E-state index >= 15 is 0 Å². The maximum atomic E-state index is 5.92. The predicted molar refractivity (Wildman–Crippen MR) is 97.3 cm³/mol. The average molecular weight is 324 g/mol. The molecule has 3 rings (SSSR count). The van der Waals surface area contributed by atoms with Crippen LogP contribution in [-0.2, 0) is 0 Å². The third-order valence-electron chi connectivity index (χ3n) is 4.75. The Morgan fingerprint density at radius 3 is 2.39 bits per heavy atom. The fraction of sp³-hybridized carbons (Fsp3) is 0.381. The van der Waals surface area contributed by atoms with E-state index in [0.29, 0.717) is 5.92 Å². The number of hydrogen-bond acceptors (Lipinski definition) is 1. The summed E-state index contributed by atoms with van der Waals surface area (Å²) in [5, 5.41) is 0.744. The fourth-order valence-corrected chi connectivity index (χ4v) is 3.29. The lowest BCUT2D eigenvalue weighted by Crippen LogP contribution is -2.12. The summed E-state index contributed by atoms with van der Waals surface area (Å²) in [4.78, 5) is 4.52. The van der Waals surface area contributed by atoms with E-state index in [-0.39, 0.29) is 0 Å². The first kappa shape index (κ1) is 16.1. The monoisotopic (exact) mass is 323 g/mol. The van der Waals surface area contributed by atoms with Crippen LogP contribution in [0.2, 0.25) is 5.02 Å². The van der Waals surface area contributed by atoms with E-state index in [1.165, 1.54) is 32.1 Å². The van der Waals surface area contributed by atoms with E-state index in [4.69, 9.17) is 11.6 Å². The minimum atomic E-state index is 0.564. The molecule has 1 aromatic carbocycles. The summed E-state index contributed by atoms with van der Waals surface area (Å²) in [5.41, 5.74) is 3.03. The number of benzene rings is 1. The Morgan fingerprint density at radius 2 is 1.78 bits per heavy atom. The summed E-state index contributed by atoms with van der Waals surface area (Å²) >= 11 is 5.92. The Morgan fingerprint density at radius 1 is 1.04 bits per heavy atom. The number of halogens is 1. The smallest absolute Gasteiger partial charge is 0.0702 e. The second-order valence-corrected chi connectivity index (χ2v) is 6.77. The molecule has 0 spiro atoms. The maximum absolute atomic E-state index is 5.92. The van der Waals surface area contributed by atoms with Gasteiger partial charge in [0.1, 0.15) is 0 Å². The molecule has 0 radical (unpaired) electrons. The Hall–Kier alpha value is -1.78. The van der Waals surface area contributed by atoms with Gasteiger partial charge in [-0.05, 0) is 55.9 Å². The topological polar surface area (TPSA) is 12.9 Å². The summed E-state index contributed by atoms with van der Waals surface area (Å²) in [6.07, 6.45) is 8.36. The molecule has 0 amide bonds. The van der Waals surface area contributed by atoms with Crippen LogP contribution in [0.15, 0.2) is 42.6 Å². The first-order valence-corrected chi connectivity index (χ1v) is 8.86. The van der Waals surface area contributed by atoms with Crippen LogP contribution in [0.25, 0.3) is 11.3 Å². The zero-order valence-corrected chi connectivity index (χ0v) is 14.3. The van der Waals surface area contributed by atoms with Crippen molar-refractivity contribution in [1.82, 2.24) is 4.98 Å². The fourth-order valence-electron chi connectivity index (χ4n) is 3.16. The largest absolute Gasteiger partial charge is 0.255 e. The van der Waals surface area contributed by atoms with Gasteiger partial charge in [-0.3, -0.25) is 4.98 Å². The second-order valence-electron chi connectivity index (χ2n) is 6.33. The summed E-state index contributed by atoms with van der Waals surface area (Å²) in [6, 6.07) is 11.8. The van der Waals surface area contributed by atoms with Gasteiger partial charge in [0.25, 0.3) is 0 Å². The van der Waals surface area contributed by atoms with E-state index in [1.807, 2.05) is 36.5 Å². The molecule has 1 nitrogen and oxygen atoms in total. The number of nitrogens with zero attached hydrogens (tertiary/aromatic N) is 1. The highest BCUT2D eigenvalue weighted by Gasteiger charge is 2.17. The van der Waals surface area contributed by atoms with Crippen molar-refractivity contribution in [1.29, 1.82) is 0 Å². The third kappa shape index (κ3) is 4.36. The molecule has 0 aliphatic heterocycles. The lowest BCUT2D eigenvalue weighted by atomic mass is 9.81. The van der Waals surface area contributed by atoms with Crippen LogP contribution in [0.5, 0.6) is 0 Å². The van der Waals surface area contributed by atoms with E-state index in [2.05, 4.69) is 29.8 Å². The molecule has 0 unspecified atom stereocenters. The van der Waals surface area contributed by atoms with Gasteiger partial charge in [0.15, 0.2) is 0 Å². The molecule has 2 heteroatoms. The van der Waals surface area contributed by atoms with Crippen LogP contribution in [0.4, 0.5) is 0 Å². The zero-order valence-electron chi connectivity index (χ0n) is 13.6. The maximum Gasteiger partial charge on any atom is 0.0702 e. The first-order valence-electron chi connectivity index (χ1n) is 8.48. The highest BCUT2D eigenvalue weighted by atomic mass is 35.5. The van der Waals surface area contributed by atoms with Gasteiger partial charge in [-0.15, -0.1) is 0 Å². The Balaban J connectivity index is 1.64. The summed E-state index contributed by atoms with van der Waals surface area (Å²) in [5.74, 6) is 8.23. The number of aromatic nitrogens is 1. The Kier molecular flexibility index (Phi) is 5.36. The highest BCUT2D eigenvalue weighted by molar-refractivity contribution is 6.30. The Labute approximate surface area is 144 Å². The van der Waals surface area contributed by atoms with Crippen LogP contribution >= 0.6 is 11.6 Å². The molecule has 23 heavy (non-hydrogen) atoms. The van der Waals surface area contributed by atoms with Crippen LogP contribution in [-0.4, -0.2) is 4.98 Å². The summed E-state index contributed by atoms with van der Waals surface area (Å²) < 4.78 is 0. The molecule has 1 fully saturated rings. The zero-order chi connectivity index (χ0) is 16.1. The lowest BCUT2D eigenvalue weighted by Gasteiger charge is -2.24. The van der Waals surface area contributed by atoms with Gasteiger partial charge in [-0.25, -0.2) is 0 Å². The van der Waals surface area contributed by atoms with Crippen LogP contribution in [0.3, 0.4) is 0 Å². The highest BCUT2D eigenvalue weighted by Crippen LogP contribution is 2.30. The molecule has 0 saturated heterocycles. The van der Waals surface area contributed by atoms with Crippen molar-refractivity contribution in [2.45, 2.75) is 39.0 Å². The van der Waals surface area contributed by atoms with Gasteiger partial charge in [0, 0.05) is 28.3 Å². The molecule has 1 saturated carbocycles. The van der Waals surface area contributed by atoms with Crippen LogP contribution in [0, 0.1) is 23.7 Å². The SMILES string of the molecule is CCC1CCC(C#Cc2ccc(-c3ccc(Cl)cc3)nc2)CC1. The standard InChI is InChI=1S/C21H22ClN/c1-2-16-3-5-17(6-4-16)7-8-18-9-14-21(23-15-18)19-10-12-20(22)13-11-19/h9-17H,2-6H2,1H3. The third-order valence-corrected chi connectivity index (χ3v) is 5.00. The van der Waals surface area contributed by atoms with Gasteiger partial charge in [0.2, 0.25) is 0 Å². The normalized spacial score (nSPS) is 20.6. The van der Waals surface area contributed by atoms with Gasteiger partial charge in [0.05, 0.1) is 5.69 Å². The predicted octanol–water partition coefficient (Wildman–Crippen LogP) is 5.97. The second kappa shape index (κ2) is 7.66. The molecular weight excluding hydrogens is 302 g/mol.